The fourth-order valence-corrected chi connectivity index (χ4v) is 4.70. The van der Waals surface area contributed by atoms with Crippen LogP contribution in [0.2, 0.25) is 0 Å². The van der Waals surface area contributed by atoms with Crippen LogP contribution in [0.5, 0.6) is 0 Å². The Bertz CT molecular complexity index is 432. The summed E-state index contributed by atoms with van der Waals surface area (Å²) in [4.78, 5) is 15.3. The summed E-state index contributed by atoms with van der Waals surface area (Å²) in [5.74, 6) is -0.771. The molecule has 0 aromatic heterocycles. The number of carbonyl (C=O) groups is 1. The predicted octanol–water partition coefficient (Wildman–Crippen LogP) is 0.0460. The van der Waals surface area contributed by atoms with E-state index < -0.39 is 15.8 Å². The first kappa shape index (κ1) is 15.7. The van der Waals surface area contributed by atoms with E-state index in [1.807, 2.05) is 4.90 Å². The van der Waals surface area contributed by atoms with Crippen molar-refractivity contribution < 1.29 is 18.3 Å². The van der Waals surface area contributed by atoms with Gasteiger partial charge in [0.25, 0.3) is 0 Å². The van der Waals surface area contributed by atoms with Crippen LogP contribution >= 0.6 is 0 Å². The third-order valence-electron chi connectivity index (χ3n) is 4.18. The Kier molecular flexibility index (Phi) is 5.40. The smallest absolute Gasteiger partial charge is 0.304 e. The summed E-state index contributed by atoms with van der Waals surface area (Å²) in [6.07, 6.45) is 3.44. The highest BCUT2D eigenvalue weighted by atomic mass is 32.2. The highest BCUT2D eigenvalue weighted by Gasteiger charge is 2.32. The van der Waals surface area contributed by atoms with Crippen LogP contribution in [0.15, 0.2) is 0 Å². The Balaban J connectivity index is 1.82. The molecule has 116 valence electrons. The first-order valence-corrected chi connectivity index (χ1v) is 9.17. The first-order chi connectivity index (χ1) is 9.46. The van der Waals surface area contributed by atoms with Gasteiger partial charge in [0, 0.05) is 12.6 Å². The summed E-state index contributed by atoms with van der Waals surface area (Å²) in [5.41, 5.74) is 0. The molecule has 2 heterocycles. The lowest BCUT2D eigenvalue weighted by Crippen LogP contribution is -2.49. The van der Waals surface area contributed by atoms with E-state index in [2.05, 4.69) is 4.90 Å². The molecule has 1 N–H and O–H groups in total. The second kappa shape index (κ2) is 6.87. The molecule has 0 saturated carbocycles. The van der Waals surface area contributed by atoms with Gasteiger partial charge in [0.2, 0.25) is 0 Å². The summed E-state index contributed by atoms with van der Waals surface area (Å²) in [7, 11) is -3.07. The second-order valence-electron chi connectivity index (χ2n) is 5.80. The Morgan fingerprint density at radius 1 is 1.15 bits per heavy atom. The number of aliphatic carboxylic acids is 1. The molecule has 7 heteroatoms. The fraction of sp³-hybridized carbons (Fsp3) is 0.923. The van der Waals surface area contributed by atoms with E-state index >= 15 is 0 Å². The van der Waals surface area contributed by atoms with Gasteiger partial charge in [-0.2, -0.15) is 0 Å². The van der Waals surface area contributed by atoms with Gasteiger partial charge < -0.3 is 10.0 Å². The molecule has 1 unspecified atom stereocenters. The van der Waals surface area contributed by atoms with Crippen molar-refractivity contribution in [3.63, 3.8) is 0 Å². The van der Waals surface area contributed by atoms with Crippen molar-refractivity contribution in [3.8, 4) is 0 Å². The lowest BCUT2D eigenvalue weighted by molar-refractivity contribution is -0.138. The highest BCUT2D eigenvalue weighted by Crippen LogP contribution is 2.16. The molecule has 0 aromatic carbocycles. The van der Waals surface area contributed by atoms with Gasteiger partial charge in [0.05, 0.1) is 17.9 Å². The Morgan fingerprint density at radius 2 is 1.85 bits per heavy atom. The van der Waals surface area contributed by atoms with Crippen LogP contribution in [0, 0.1) is 0 Å². The van der Waals surface area contributed by atoms with Crippen LogP contribution in [0.25, 0.3) is 0 Å². The van der Waals surface area contributed by atoms with Crippen LogP contribution in [-0.2, 0) is 14.6 Å². The zero-order chi connectivity index (χ0) is 14.6. The van der Waals surface area contributed by atoms with Crippen LogP contribution in [0.1, 0.15) is 25.7 Å². The Hall–Kier alpha value is -0.660. The van der Waals surface area contributed by atoms with E-state index in [-0.39, 0.29) is 24.0 Å². The van der Waals surface area contributed by atoms with Crippen LogP contribution in [0.4, 0.5) is 0 Å². The molecular weight excluding hydrogens is 280 g/mol. The number of carboxylic acids is 1. The lowest BCUT2D eigenvalue weighted by Gasteiger charge is -2.34. The van der Waals surface area contributed by atoms with Crippen molar-refractivity contribution in [2.24, 2.45) is 0 Å². The maximum absolute atomic E-state index is 11.6. The first-order valence-electron chi connectivity index (χ1n) is 7.35. The van der Waals surface area contributed by atoms with Gasteiger partial charge in [-0.1, -0.05) is 0 Å². The van der Waals surface area contributed by atoms with Crippen molar-refractivity contribution in [2.45, 2.75) is 31.7 Å². The van der Waals surface area contributed by atoms with Crippen molar-refractivity contribution in [1.82, 2.24) is 9.80 Å². The average molecular weight is 304 g/mol. The van der Waals surface area contributed by atoms with Crippen molar-refractivity contribution in [2.75, 3.05) is 44.2 Å². The molecule has 2 fully saturated rings. The third kappa shape index (κ3) is 4.71. The SMILES string of the molecule is O=C(O)CC1CS(=O)(=O)CCN1CCCN1CCCC1. The summed E-state index contributed by atoms with van der Waals surface area (Å²) in [5, 5.41) is 8.92. The van der Waals surface area contributed by atoms with E-state index in [9.17, 15) is 13.2 Å². The predicted molar refractivity (Wildman–Crippen MR) is 76.6 cm³/mol. The van der Waals surface area contributed by atoms with Gasteiger partial charge in [-0.05, 0) is 45.4 Å². The molecule has 20 heavy (non-hydrogen) atoms. The van der Waals surface area contributed by atoms with E-state index in [1.165, 1.54) is 12.8 Å². The van der Waals surface area contributed by atoms with E-state index in [0.29, 0.717) is 6.54 Å². The van der Waals surface area contributed by atoms with Crippen LogP contribution in [0.3, 0.4) is 0 Å². The minimum Gasteiger partial charge on any atom is -0.481 e. The molecular formula is C13H24N2O4S. The monoisotopic (exact) mass is 304 g/mol. The highest BCUT2D eigenvalue weighted by molar-refractivity contribution is 7.91. The van der Waals surface area contributed by atoms with Gasteiger partial charge >= 0.3 is 5.97 Å². The van der Waals surface area contributed by atoms with Crippen molar-refractivity contribution in [1.29, 1.82) is 0 Å². The van der Waals surface area contributed by atoms with Gasteiger partial charge in [-0.3, -0.25) is 9.69 Å². The summed E-state index contributed by atoms with van der Waals surface area (Å²) >= 11 is 0. The quantitative estimate of drug-likeness (QED) is 0.747. The number of carboxylic acid groups (broad SMARTS) is 1. The molecule has 2 aliphatic heterocycles. The molecule has 0 radical (unpaired) electrons. The van der Waals surface area contributed by atoms with Crippen LogP contribution in [-0.4, -0.2) is 79.6 Å². The number of hydrogen-bond donors (Lipinski definition) is 1. The Labute approximate surface area is 120 Å². The molecule has 2 aliphatic rings. The van der Waals surface area contributed by atoms with E-state index in [1.54, 1.807) is 0 Å². The zero-order valence-corrected chi connectivity index (χ0v) is 12.6. The number of hydrogen-bond acceptors (Lipinski definition) is 5. The third-order valence-corrected chi connectivity index (χ3v) is 5.88. The summed E-state index contributed by atoms with van der Waals surface area (Å²) in [6, 6.07) is -0.357. The zero-order valence-electron chi connectivity index (χ0n) is 11.8. The molecule has 0 aromatic rings. The number of sulfone groups is 1. The normalized spacial score (nSPS) is 27.7. The fourth-order valence-electron chi connectivity index (χ4n) is 3.11. The van der Waals surface area contributed by atoms with E-state index in [0.717, 1.165) is 32.6 Å². The second-order valence-corrected chi connectivity index (χ2v) is 8.03. The summed E-state index contributed by atoms with van der Waals surface area (Å²) < 4.78 is 23.3. The minimum absolute atomic E-state index is 0.0109. The molecule has 0 spiro atoms. The number of rotatable bonds is 6. The average Bonchev–Trinajstić information content (AvgIpc) is 2.83. The van der Waals surface area contributed by atoms with Crippen LogP contribution < -0.4 is 0 Å². The summed E-state index contributed by atoms with van der Waals surface area (Å²) in [6.45, 7) is 4.62. The van der Waals surface area contributed by atoms with E-state index in [4.69, 9.17) is 5.11 Å². The number of nitrogens with zero attached hydrogens (tertiary/aromatic N) is 2. The molecule has 0 aliphatic carbocycles. The topological polar surface area (TPSA) is 77.9 Å². The Morgan fingerprint density at radius 3 is 2.50 bits per heavy atom. The molecule has 0 bridgehead atoms. The maximum atomic E-state index is 11.6. The van der Waals surface area contributed by atoms with Gasteiger partial charge in [-0.25, -0.2) is 8.42 Å². The molecule has 2 rings (SSSR count). The van der Waals surface area contributed by atoms with Gasteiger partial charge in [-0.15, -0.1) is 0 Å². The number of likely N-dealkylation sites (tertiary alicyclic amines) is 1. The minimum atomic E-state index is -3.07. The molecule has 1 atom stereocenters. The van der Waals surface area contributed by atoms with Gasteiger partial charge in [0.1, 0.15) is 0 Å². The van der Waals surface area contributed by atoms with Crippen molar-refractivity contribution in [3.05, 3.63) is 0 Å². The molecule has 6 nitrogen and oxygen atoms in total. The van der Waals surface area contributed by atoms with Gasteiger partial charge in [0.15, 0.2) is 9.84 Å². The standard InChI is InChI=1S/C13H24N2O4S/c16-13(17)10-12-11-20(18,19)9-8-15(12)7-3-6-14-4-1-2-5-14/h12H,1-11H2,(H,16,17). The molecule has 0 amide bonds. The lowest BCUT2D eigenvalue weighted by atomic mass is 10.2. The largest absolute Gasteiger partial charge is 0.481 e. The molecule has 2 saturated heterocycles. The van der Waals surface area contributed by atoms with Crippen molar-refractivity contribution >= 4 is 15.8 Å². The maximum Gasteiger partial charge on any atom is 0.304 e.